The van der Waals surface area contributed by atoms with E-state index in [2.05, 4.69) is 31.4 Å². The van der Waals surface area contributed by atoms with Gasteiger partial charge >= 0.3 is 0 Å². The molecule has 0 atom stereocenters. The number of ether oxygens (including phenoxy) is 1. The zero-order valence-corrected chi connectivity index (χ0v) is 17.3. The SMILES string of the molecule is Cc1ccc(OCc2nnc(SCC(=O)Nc3cccc(Br)c3)o2)cc1C. The molecule has 0 fully saturated rings. The fraction of sp³-hybridized carbons (Fsp3) is 0.211. The molecule has 6 nitrogen and oxygen atoms in total. The largest absolute Gasteiger partial charge is 0.484 e. The monoisotopic (exact) mass is 447 g/mol. The first kappa shape index (κ1) is 19.4. The van der Waals surface area contributed by atoms with Crippen molar-refractivity contribution in [3.8, 4) is 5.75 Å². The summed E-state index contributed by atoms with van der Waals surface area (Å²) < 4.78 is 12.1. The van der Waals surface area contributed by atoms with Gasteiger partial charge in [0.15, 0.2) is 6.61 Å². The molecule has 0 saturated carbocycles. The Morgan fingerprint density at radius 2 is 2.04 bits per heavy atom. The van der Waals surface area contributed by atoms with Crippen LogP contribution in [0.1, 0.15) is 17.0 Å². The van der Waals surface area contributed by atoms with Crippen molar-refractivity contribution < 1.29 is 13.9 Å². The van der Waals surface area contributed by atoms with Crippen molar-refractivity contribution in [2.75, 3.05) is 11.1 Å². The van der Waals surface area contributed by atoms with Crippen LogP contribution in [0.5, 0.6) is 5.75 Å². The number of thioether (sulfide) groups is 1. The van der Waals surface area contributed by atoms with Gasteiger partial charge in [-0.15, -0.1) is 10.2 Å². The third-order valence-corrected chi connectivity index (χ3v) is 5.04. The minimum absolute atomic E-state index is 0.149. The van der Waals surface area contributed by atoms with Crippen molar-refractivity contribution in [1.82, 2.24) is 10.2 Å². The second-order valence-corrected chi connectivity index (χ2v) is 7.69. The Labute approximate surface area is 169 Å². The van der Waals surface area contributed by atoms with Crippen LogP contribution in [0.3, 0.4) is 0 Å². The maximum absolute atomic E-state index is 12.0. The molecule has 8 heteroatoms. The van der Waals surface area contributed by atoms with E-state index in [0.29, 0.717) is 11.1 Å². The second-order valence-electron chi connectivity index (χ2n) is 5.84. The Bertz CT molecular complexity index is 945. The summed E-state index contributed by atoms with van der Waals surface area (Å²) in [4.78, 5) is 12.0. The molecule has 0 aliphatic carbocycles. The smallest absolute Gasteiger partial charge is 0.277 e. The zero-order valence-electron chi connectivity index (χ0n) is 14.9. The van der Waals surface area contributed by atoms with Gasteiger partial charge in [-0.3, -0.25) is 4.79 Å². The van der Waals surface area contributed by atoms with E-state index in [9.17, 15) is 4.79 Å². The maximum Gasteiger partial charge on any atom is 0.277 e. The topological polar surface area (TPSA) is 77.2 Å². The highest BCUT2D eigenvalue weighted by Crippen LogP contribution is 2.20. The molecule has 1 aromatic heterocycles. The molecule has 0 aliphatic rings. The molecule has 1 heterocycles. The van der Waals surface area contributed by atoms with Crippen LogP contribution in [0, 0.1) is 13.8 Å². The molecule has 27 heavy (non-hydrogen) atoms. The van der Waals surface area contributed by atoms with Crippen LogP contribution in [0.4, 0.5) is 5.69 Å². The Hall–Kier alpha value is -2.32. The van der Waals surface area contributed by atoms with Gasteiger partial charge in [-0.25, -0.2) is 0 Å². The van der Waals surface area contributed by atoms with E-state index >= 15 is 0 Å². The lowest BCUT2D eigenvalue weighted by Crippen LogP contribution is -2.13. The van der Waals surface area contributed by atoms with Gasteiger partial charge < -0.3 is 14.5 Å². The highest BCUT2D eigenvalue weighted by atomic mass is 79.9. The number of rotatable bonds is 7. The van der Waals surface area contributed by atoms with E-state index in [0.717, 1.165) is 21.5 Å². The molecule has 140 valence electrons. The molecule has 0 aliphatic heterocycles. The van der Waals surface area contributed by atoms with Crippen LogP contribution in [0.25, 0.3) is 0 Å². The molecular weight excluding hydrogens is 430 g/mol. The first-order chi connectivity index (χ1) is 13.0. The van der Waals surface area contributed by atoms with E-state index in [-0.39, 0.29) is 18.3 Å². The number of nitrogens with one attached hydrogen (secondary N) is 1. The van der Waals surface area contributed by atoms with Crippen LogP contribution in [0.15, 0.2) is 56.6 Å². The third kappa shape index (κ3) is 5.83. The fourth-order valence-corrected chi connectivity index (χ4v) is 3.17. The van der Waals surface area contributed by atoms with Crippen LogP contribution >= 0.6 is 27.7 Å². The zero-order chi connectivity index (χ0) is 19.2. The summed E-state index contributed by atoms with van der Waals surface area (Å²) in [5, 5.41) is 11.0. The molecule has 0 unspecified atom stereocenters. The normalized spacial score (nSPS) is 10.6. The van der Waals surface area contributed by atoms with Crippen LogP contribution in [-0.4, -0.2) is 21.9 Å². The van der Waals surface area contributed by atoms with Gasteiger partial charge in [0.1, 0.15) is 5.75 Å². The van der Waals surface area contributed by atoms with Gasteiger partial charge in [-0.05, 0) is 55.3 Å². The predicted molar refractivity (Wildman–Crippen MR) is 108 cm³/mol. The van der Waals surface area contributed by atoms with Gasteiger partial charge in [0.25, 0.3) is 11.1 Å². The van der Waals surface area contributed by atoms with Crippen molar-refractivity contribution >= 4 is 39.3 Å². The number of carbonyl (C=O) groups is 1. The average Bonchev–Trinajstić information content (AvgIpc) is 3.09. The average molecular weight is 448 g/mol. The maximum atomic E-state index is 12.0. The molecule has 1 N–H and O–H groups in total. The number of hydrogen-bond acceptors (Lipinski definition) is 6. The first-order valence-corrected chi connectivity index (χ1v) is 9.98. The van der Waals surface area contributed by atoms with Crippen molar-refractivity contribution in [3.63, 3.8) is 0 Å². The van der Waals surface area contributed by atoms with Crippen molar-refractivity contribution in [2.45, 2.75) is 25.7 Å². The summed E-state index contributed by atoms with van der Waals surface area (Å²) in [7, 11) is 0. The van der Waals surface area contributed by atoms with Gasteiger partial charge in [0, 0.05) is 10.2 Å². The Kier molecular flexibility index (Phi) is 6.52. The van der Waals surface area contributed by atoms with Crippen molar-refractivity contribution in [1.29, 1.82) is 0 Å². The molecule has 3 aromatic rings. The summed E-state index contributed by atoms with van der Waals surface area (Å²) in [6.45, 7) is 4.26. The summed E-state index contributed by atoms with van der Waals surface area (Å²) in [5.74, 6) is 1.14. The number of amides is 1. The molecule has 1 amide bonds. The van der Waals surface area contributed by atoms with Crippen molar-refractivity contribution in [2.24, 2.45) is 0 Å². The summed E-state index contributed by atoms with van der Waals surface area (Å²) in [5.41, 5.74) is 3.09. The van der Waals surface area contributed by atoms with E-state index < -0.39 is 0 Å². The molecule has 0 bridgehead atoms. The van der Waals surface area contributed by atoms with E-state index in [1.165, 1.54) is 17.3 Å². The minimum atomic E-state index is -0.149. The van der Waals surface area contributed by atoms with E-state index in [1.54, 1.807) is 0 Å². The number of anilines is 1. The van der Waals surface area contributed by atoms with Gasteiger partial charge in [-0.1, -0.05) is 39.8 Å². The van der Waals surface area contributed by atoms with Crippen LogP contribution in [0.2, 0.25) is 0 Å². The lowest BCUT2D eigenvalue weighted by atomic mass is 10.1. The second kappa shape index (κ2) is 9.05. The Balaban J connectivity index is 1.47. The number of aryl methyl sites for hydroxylation is 2. The number of nitrogens with zero attached hydrogens (tertiary/aromatic N) is 2. The molecule has 3 rings (SSSR count). The number of aromatic nitrogens is 2. The summed E-state index contributed by atoms with van der Waals surface area (Å²) in [6, 6.07) is 13.3. The molecule has 0 radical (unpaired) electrons. The van der Waals surface area contributed by atoms with E-state index in [4.69, 9.17) is 9.15 Å². The lowest BCUT2D eigenvalue weighted by molar-refractivity contribution is -0.113. The molecule has 2 aromatic carbocycles. The standard InChI is InChI=1S/C19H18BrN3O3S/c1-12-6-7-16(8-13(12)2)25-10-18-22-23-19(26-18)27-11-17(24)21-15-5-3-4-14(20)9-15/h3-9H,10-11H2,1-2H3,(H,21,24). The fourth-order valence-electron chi connectivity index (χ4n) is 2.19. The van der Waals surface area contributed by atoms with Crippen LogP contribution < -0.4 is 10.1 Å². The van der Waals surface area contributed by atoms with E-state index in [1.807, 2.05) is 56.3 Å². The Morgan fingerprint density at radius 1 is 1.19 bits per heavy atom. The van der Waals surface area contributed by atoms with Gasteiger partial charge in [0.05, 0.1) is 5.75 Å². The highest BCUT2D eigenvalue weighted by Gasteiger charge is 2.11. The first-order valence-electron chi connectivity index (χ1n) is 8.20. The summed E-state index contributed by atoms with van der Waals surface area (Å²) in [6.07, 6.45) is 0. The number of hydrogen-bond donors (Lipinski definition) is 1. The molecule has 0 saturated heterocycles. The number of benzene rings is 2. The molecular formula is C19H18BrN3O3S. The van der Waals surface area contributed by atoms with Gasteiger partial charge in [0.2, 0.25) is 5.91 Å². The predicted octanol–water partition coefficient (Wildman–Crippen LogP) is 4.76. The Morgan fingerprint density at radius 3 is 2.81 bits per heavy atom. The number of halogens is 1. The van der Waals surface area contributed by atoms with Crippen molar-refractivity contribution in [3.05, 3.63) is 64.0 Å². The van der Waals surface area contributed by atoms with Gasteiger partial charge in [-0.2, -0.15) is 0 Å². The third-order valence-electron chi connectivity index (χ3n) is 3.72. The lowest BCUT2D eigenvalue weighted by Gasteiger charge is -2.06. The quantitative estimate of drug-likeness (QED) is 0.526. The minimum Gasteiger partial charge on any atom is -0.484 e. The number of carbonyl (C=O) groups excluding carboxylic acids is 1. The van der Waals surface area contributed by atoms with Crippen LogP contribution in [-0.2, 0) is 11.4 Å². The summed E-state index contributed by atoms with van der Waals surface area (Å²) >= 11 is 4.55. The molecule has 0 spiro atoms. The highest BCUT2D eigenvalue weighted by molar-refractivity contribution is 9.10.